The molecule has 6 N–H and O–H groups in total. The summed E-state index contributed by atoms with van der Waals surface area (Å²) in [6, 6.07) is 6.77. The lowest BCUT2D eigenvalue weighted by molar-refractivity contribution is 0.0935. The number of aliphatic hydroxyl groups excluding tert-OH is 2. The zero-order valence-electron chi connectivity index (χ0n) is 21.0. The van der Waals surface area contributed by atoms with Crippen LogP contribution in [0.4, 0.5) is 9.59 Å². The van der Waals surface area contributed by atoms with Crippen molar-refractivity contribution in [1.29, 1.82) is 0 Å². The maximum atomic E-state index is 12.7. The van der Waals surface area contributed by atoms with Crippen LogP contribution in [0.25, 0.3) is 0 Å². The molecule has 0 bridgehead atoms. The second-order valence-corrected chi connectivity index (χ2v) is 10.9. The minimum absolute atomic E-state index is 0.222. The first-order chi connectivity index (χ1) is 16.0. The Kier molecular flexibility index (Phi) is 8.47. The molecule has 0 spiro atoms. The van der Waals surface area contributed by atoms with E-state index in [1.54, 1.807) is 0 Å². The molecule has 0 radical (unpaired) electrons. The topological polar surface area (TPSA) is 123 Å². The molecule has 34 heavy (non-hydrogen) atoms. The molecule has 4 atom stereocenters. The summed E-state index contributed by atoms with van der Waals surface area (Å²) in [4.78, 5) is 25.3. The molecule has 4 amide bonds. The van der Waals surface area contributed by atoms with Crippen molar-refractivity contribution in [2.75, 3.05) is 0 Å². The van der Waals surface area contributed by atoms with Gasteiger partial charge in [-0.3, -0.25) is 0 Å². The van der Waals surface area contributed by atoms with E-state index in [0.717, 1.165) is 49.7 Å². The van der Waals surface area contributed by atoms with Crippen molar-refractivity contribution >= 4 is 12.1 Å². The molecule has 8 nitrogen and oxygen atoms in total. The molecule has 2 aliphatic carbocycles. The van der Waals surface area contributed by atoms with Crippen LogP contribution in [0.5, 0.6) is 0 Å². The van der Waals surface area contributed by atoms with Crippen molar-refractivity contribution in [2.24, 2.45) is 0 Å². The van der Waals surface area contributed by atoms with Gasteiger partial charge in [0, 0.05) is 0 Å². The zero-order chi connectivity index (χ0) is 24.9. The van der Waals surface area contributed by atoms with Crippen molar-refractivity contribution in [2.45, 2.75) is 114 Å². The van der Waals surface area contributed by atoms with E-state index in [1.165, 1.54) is 0 Å². The van der Waals surface area contributed by atoms with Gasteiger partial charge in [0.25, 0.3) is 0 Å². The van der Waals surface area contributed by atoms with Gasteiger partial charge in [0.2, 0.25) is 0 Å². The standard InChI is InChI=1S/C26H42N4O4/c1-25(2,29-23(33)27-19-12-5-7-14-21(19)31)17-10-9-11-18(16-17)26(3,4)30-24(34)28-20-13-6-8-15-22(20)32/h9-11,16,19-22,31-32H,5-8,12-15H2,1-4H3,(H2,27,29,33)(H2,28,30,34)/t19-,20+,21-,22-/m0/s1. The molecule has 1 aromatic carbocycles. The van der Waals surface area contributed by atoms with Gasteiger partial charge in [-0.15, -0.1) is 0 Å². The minimum atomic E-state index is -0.662. The fourth-order valence-electron chi connectivity index (χ4n) is 4.98. The highest BCUT2D eigenvalue weighted by Gasteiger charge is 2.31. The highest BCUT2D eigenvalue weighted by atomic mass is 16.3. The normalized spacial score (nSPS) is 25.8. The van der Waals surface area contributed by atoms with Crippen LogP contribution in [0.2, 0.25) is 0 Å². The summed E-state index contributed by atoms with van der Waals surface area (Å²) < 4.78 is 0. The molecule has 2 saturated carbocycles. The SMILES string of the molecule is CC(C)(NC(=O)N[C@H]1CCCC[C@@H]1O)c1cccc(C(C)(C)NC(=O)N[C@@H]2CCCC[C@@H]2O)c1. The molecule has 2 fully saturated rings. The number of aliphatic hydroxyl groups is 2. The van der Waals surface area contributed by atoms with E-state index in [9.17, 15) is 19.8 Å². The molecule has 0 aliphatic heterocycles. The quantitative estimate of drug-likeness (QED) is 0.378. The Morgan fingerprint density at radius 1 is 0.735 bits per heavy atom. The van der Waals surface area contributed by atoms with Gasteiger partial charge in [0.1, 0.15) is 0 Å². The van der Waals surface area contributed by atoms with Gasteiger partial charge in [-0.25, -0.2) is 9.59 Å². The lowest BCUT2D eigenvalue weighted by Gasteiger charge is -2.34. The number of carbonyl (C=O) groups is 2. The fraction of sp³-hybridized carbons (Fsp3) is 0.692. The molecule has 3 rings (SSSR count). The van der Waals surface area contributed by atoms with E-state index in [4.69, 9.17) is 0 Å². The van der Waals surface area contributed by atoms with Gasteiger partial charge < -0.3 is 31.5 Å². The lowest BCUT2D eigenvalue weighted by Crippen LogP contribution is -2.53. The van der Waals surface area contributed by atoms with Crippen LogP contribution in [-0.2, 0) is 11.1 Å². The zero-order valence-corrected chi connectivity index (χ0v) is 21.0. The number of rotatable bonds is 6. The van der Waals surface area contributed by atoms with Crippen molar-refractivity contribution in [3.63, 3.8) is 0 Å². The van der Waals surface area contributed by atoms with Crippen LogP contribution >= 0.6 is 0 Å². The molecule has 0 saturated heterocycles. The van der Waals surface area contributed by atoms with E-state index in [-0.39, 0.29) is 24.1 Å². The summed E-state index contributed by atoms with van der Waals surface area (Å²) in [5.41, 5.74) is 0.485. The second kappa shape index (κ2) is 11.0. The van der Waals surface area contributed by atoms with Crippen molar-refractivity contribution < 1.29 is 19.8 Å². The Balaban J connectivity index is 1.63. The average molecular weight is 475 g/mol. The minimum Gasteiger partial charge on any atom is -0.391 e. The number of benzene rings is 1. The first kappa shape index (κ1) is 26.3. The van der Waals surface area contributed by atoms with Gasteiger partial charge in [-0.1, -0.05) is 49.9 Å². The third-order valence-corrected chi connectivity index (χ3v) is 7.25. The molecule has 2 aliphatic rings. The lowest BCUT2D eigenvalue weighted by atomic mass is 9.87. The Labute approximate surface area is 203 Å². The second-order valence-electron chi connectivity index (χ2n) is 10.9. The molecule has 8 heteroatoms. The molecule has 1 aromatic rings. The Hall–Kier alpha value is -2.32. The smallest absolute Gasteiger partial charge is 0.315 e. The Morgan fingerprint density at radius 3 is 1.50 bits per heavy atom. The average Bonchev–Trinajstić information content (AvgIpc) is 2.76. The first-order valence-corrected chi connectivity index (χ1v) is 12.6. The summed E-state index contributed by atoms with van der Waals surface area (Å²) in [5, 5.41) is 32.2. The van der Waals surface area contributed by atoms with Gasteiger partial charge in [0.15, 0.2) is 0 Å². The van der Waals surface area contributed by atoms with Crippen molar-refractivity contribution in [3.05, 3.63) is 35.4 Å². The van der Waals surface area contributed by atoms with E-state index >= 15 is 0 Å². The predicted molar refractivity (Wildman–Crippen MR) is 132 cm³/mol. The summed E-state index contributed by atoms with van der Waals surface area (Å²) in [7, 11) is 0. The molecular formula is C26H42N4O4. The number of hydrogen-bond donors (Lipinski definition) is 6. The Morgan fingerprint density at radius 2 is 1.12 bits per heavy atom. The molecule has 0 aromatic heterocycles. The number of nitrogens with one attached hydrogen (secondary N) is 4. The molecule has 190 valence electrons. The van der Waals surface area contributed by atoms with Crippen LogP contribution < -0.4 is 21.3 Å². The highest BCUT2D eigenvalue weighted by molar-refractivity contribution is 5.76. The van der Waals surface area contributed by atoms with Crippen LogP contribution in [0.3, 0.4) is 0 Å². The fourth-order valence-corrected chi connectivity index (χ4v) is 4.98. The van der Waals surface area contributed by atoms with Crippen LogP contribution in [0.15, 0.2) is 24.3 Å². The number of hydrogen-bond acceptors (Lipinski definition) is 4. The monoisotopic (exact) mass is 474 g/mol. The van der Waals surface area contributed by atoms with Crippen LogP contribution in [0.1, 0.15) is 90.2 Å². The summed E-state index contributed by atoms with van der Waals surface area (Å²) in [6.45, 7) is 7.72. The van der Waals surface area contributed by atoms with E-state index in [2.05, 4.69) is 21.3 Å². The molecule has 0 heterocycles. The van der Waals surface area contributed by atoms with Gasteiger partial charge in [-0.2, -0.15) is 0 Å². The van der Waals surface area contributed by atoms with Gasteiger partial charge in [0.05, 0.1) is 35.4 Å². The van der Waals surface area contributed by atoms with Crippen LogP contribution in [0, 0.1) is 0 Å². The summed E-state index contributed by atoms with van der Waals surface area (Å²) in [6.07, 6.45) is 5.97. The highest BCUT2D eigenvalue weighted by Crippen LogP contribution is 2.27. The van der Waals surface area contributed by atoms with Crippen molar-refractivity contribution in [3.8, 4) is 0 Å². The van der Waals surface area contributed by atoms with E-state index in [1.807, 2.05) is 52.0 Å². The first-order valence-electron chi connectivity index (χ1n) is 12.6. The summed E-state index contributed by atoms with van der Waals surface area (Å²) in [5.74, 6) is 0. The third kappa shape index (κ3) is 6.85. The maximum absolute atomic E-state index is 12.7. The van der Waals surface area contributed by atoms with Gasteiger partial charge in [-0.05, 0) is 64.5 Å². The number of carbonyl (C=O) groups excluding carboxylic acids is 2. The van der Waals surface area contributed by atoms with Crippen molar-refractivity contribution in [1.82, 2.24) is 21.3 Å². The number of amides is 4. The number of urea groups is 2. The van der Waals surface area contributed by atoms with Gasteiger partial charge >= 0.3 is 12.1 Å². The van der Waals surface area contributed by atoms with E-state index < -0.39 is 23.3 Å². The largest absolute Gasteiger partial charge is 0.391 e. The third-order valence-electron chi connectivity index (χ3n) is 7.25. The molecular weight excluding hydrogens is 432 g/mol. The molecule has 0 unspecified atom stereocenters. The maximum Gasteiger partial charge on any atom is 0.315 e. The van der Waals surface area contributed by atoms with Crippen LogP contribution in [-0.4, -0.2) is 46.6 Å². The predicted octanol–water partition coefficient (Wildman–Crippen LogP) is 3.36. The summed E-state index contributed by atoms with van der Waals surface area (Å²) >= 11 is 0. The Bertz CT molecular complexity index is 792. The van der Waals surface area contributed by atoms with E-state index in [0.29, 0.717) is 12.8 Å².